The highest BCUT2D eigenvalue weighted by atomic mass is 16.5. The third-order valence-electron chi connectivity index (χ3n) is 4.65. The van der Waals surface area contributed by atoms with E-state index in [1.165, 1.54) is 12.8 Å². The summed E-state index contributed by atoms with van der Waals surface area (Å²) in [5, 5.41) is 3.49. The predicted molar refractivity (Wildman–Crippen MR) is 75.8 cm³/mol. The maximum atomic E-state index is 12.5. The molecule has 1 amide bonds. The number of rotatable bonds is 5. The molecule has 0 spiro atoms. The molecule has 3 atom stereocenters. The van der Waals surface area contributed by atoms with E-state index in [-0.39, 0.29) is 17.6 Å². The normalized spacial score (nSPS) is 35.9. The second kappa shape index (κ2) is 6.23. The number of carbonyl (C=O) groups excluding carboxylic acids is 1. The van der Waals surface area contributed by atoms with Crippen LogP contribution >= 0.6 is 0 Å². The van der Waals surface area contributed by atoms with Crippen LogP contribution in [0, 0.1) is 0 Å². The predicted octanol–water partition coefficient (Wildman–Crippen LogP) is 2.28. The lowest BCUT2D eigenvalue weighted by Gasteiger charge is -2.28. The summed E-state index contributed by atoms with van der Waals surface area (Å²) in [6.45, 7) is 7.95. The van der Waals surface area contributed by atoms with E-state index in [1.54, 1.807) is 0 Å². The second-order valence-corrected chi connectivity index (χ2v) is 6.03. The van der Waals surface area contributed by atoms with Gasteiger partial charge in [0.05, 0.1) is 17.8 Å². The Balaban J connectivity index is 1.92. The minimum absolute atomic E-state index is 0.195. The van der Waals surface area contributed by atoms with Gasteiger partial charge >= 0.3 is 0 Å². The van der Waals surface area contributed by atoms with Crippen molar-refractivity contribution in [2.75, 3.05) is 13.2 Å². The maximum absolute atomic E-state index is 12.5. The highest BCUT2D eigenvalue weighted by Crippen LogP contribution is 2.26. The molecule has 110 valence electrons. The van der Waals surface area contributed by atoms with E-state index in [1.807, 2.05) is 11.8 Å². The second-order valence-electron chi connectivity index (χ2n) is 6.03. The van der Waals surface area contributed by atoms with Crippen molar-refractivity contribution in [1.29, 1.82) is 0 Å². The Labute approximate surface area is 116 Å². The Hall–Kier alpha value is -0.610. The van der Waals surface area contributed by atoms with Crippen LogP contribution in [0.25, 0.3) is 0 Å². The maximum Gasteiger partial charge on any atom is 0.243 e. The third kappa shape index (κ3) is 3.11. The summed E-state index contributed by atoms with van der Waals surface area (Å²) in [5.41, 5.74) is -0.367. The first kappa shape index (κ1) is 14.8. The number of carbonyl (C=O) groups is 1. The van der Waals surface area contributed by atoms with Gasteiger partial charge in [-0.05, 0) is 45.4 Å². The monoisotopic (exact) mass is 268 g/mol. The number of hydrogen-bond donors (Lipinski definition) is 1. The molecule has 0 aromatic carbocycles. The van der Waals surface area contributed by atoms with Gasteiger partial charge in [-0.1, -0.05) is 13.8 Å². The molecule has 2 aliphatic heterocycles. The molecule has 2 rings (SSSR count). The Morgan fingerprint density at radius 2 is 2.21 bits per heavy atom. The van der Waals surface area contributed by atoms with Crippen molar-refractivity contribution in [3.05, 3.63) is 0 Å². The summed E-state index contributed by atoms with van der Waals surface area (Å²) >= 11 is 0. The van der Waals surface area contributed by atoms with Gasteiger partial charge in [0, 0.05) is 13.2 Å². The molecule has 0 radical (unpaired) electrons. The first-order valence-electron chi connectivity index (χ1n) is 7.81. The zero-order valence-electron chi connectivity index (χ0n) is 12.6. The number of nitrogens with one attached hydrogen (secondary N) is 1. The molecule has 2 heterocycles. The summed E-state index contributed by atoms with van der Waals surface area (Å²) < 4.78 is 5.76. The largest absolute Gasteiger partial charge is 0.378 e. The molecular formula is C15H28N2O2. The van der Waals surface area contributed by atoms with Gasteiger partial charge in [-0.2, -0.15) is 0 Å². The summed E-state index contributed by atoms with van der Waals surface area (Å²) in [7, 11) is 0. The molecule has 0 bridgehead atoms. The van der Waals surface area contributed by atoms with E-state index in [0.717, 1.165) is 38.8 Å². The Morgan fingerprint density at radius 3 is 2.79 bits per heavy atom. The molecule has 2 aliphatic rings. The summed E-state index contributed by atoms with van der Waals surface area (Å²) in [6, 6.07) is 0. The third-order valence-corrected chi connectivity index (χ3v) is 4.65. The van der Waals surface area contributed by atoms with Crippen LogP contribution in [0.5, 0.6) is 0 Å². The Bertz CT molecular complexity index is 315. The van der Waals surface area contributed by atoms with Gasteiger partial charge in [-0.3, -0.25) is 10.1 Å². The number of nitrogens with zero attached hydrogens (tertiary/aromatic N) is 1. The zero-order chi connectivity index (χ0) is 13.9. The summed E-state index contributed by atoms with van der Waals surface area (Å²) in [6.07, 6.45) is 6.94. The van der Waals surface area contributed by atoms with Gasteiger partial charge in [0.1, 0.15) is 0 Å². The molecular weight excluding hydrogens is 240 g/mol. The van der Waals surface area contributed by atoms with E-state index < -0.39 is 0 Å². The molecule has 0 saturated carbocycles. The van der Waals surface area contributed by atoms with Crippen molar-refractivity contribution in [3.63, 3.8) is 0 Å². The minimum Gasteiger partial charge on any atom is -0.378 e. The number of hydrogen-bond acceptors (Lipinski definition) is 3. The highest BCUT2D eigenvalue weighted by Gasteiger charge is 2.45. The number of amides is 1. The molecule has 3 unspecified atom stereocenters. The van der Waals surface area contributed by atoms with Crippen molar-refractivity contribution < 1.29 is 9.53 Å². The molecule has 0 aromatic heterocycles. The van der Waals surface area contributed by atoms with Gasteiger partial charge in [-0.25, -0.2) is 0 Å². The molecule has 0 aliphatic carbocycles. The Morgan fingerprint density at radius 1 is 1.42 bits per heavy atom. The lowest BCUT2D eigenvalue weighted by molar-refractivity contribution is -0.133. The van der Waals surface area contributed by atoms with Crippen molar-refractivity contribution >= 4 is 5.91 Å². The SMILES string of the molecule is CCC1NC(C)(CC)C(=O)N1CCC1CCCCO1. The van der Waals surface area contributed by atoms with Crippen molar-refractivity contribution in [2.24, 2.45) is 0 Å². The first-order valence-corrected chi connectivity index (χ1v) is 7.81. The minimum atomic E-state index is -0.367. The molecule has 2 saturated heterocycles. The summed E-state index contributed by atoms with van der Waals surface area (Å²) in [4.78, 5) is 14.6. The lowest BCUT2D eigenvalue weighted by Crippen LogP contribution is -2.43. The molecule has 4 heteroatoms. The van der Waals surface area contributed by atoms with Crippen LogP contribution in [0.4, 0.5) is 0 Å². The summed E-state index contributed by atoms with van der Waals surface area (Å²) in [5.74, 6) is 0.262. The average molecular weight is 268 g/mol. The Kier molecular flexibility index (Phi) is 4.85. The van der Waals surface area contributed by atoms with Gasteiger partial charge in [0.2, 0.25) is 5.91 Å². The van der Waals surface area contributed by atoms with Gasteiger partial charge in [0.25, 0.3) is 0 Å². The zero-order valence-corrected chi connectivity index (χ0v) is 12.6. The fourth-order valence-corrected chi connectivity index (χ4v) is 3.12. The quantitative estimate of drug-likeness (QED) is 0.831. The highest BCUT2D eigenvalue weighted by molar-refractivity contribution is 5.88. The number of ether oxygens (including phenoxy) is 1. The van der Waals surface area contributed by atoms with Crippen molar-refractivity contribution in [1.82, 2.24) is 10.2 Å². The van der Waals surface area contributed by atoms with Crippen LogP contribution in [-0.2, 0) is 9.53 Å². The van der Waals surface area contributed by atoms with E-state index >= 15 is 0 Å². The average Bonchev–Trinajstić information content (AvgIpc) is 2.70. The topological polar surface area (TPSA) is 41.6 Å². The van der Waals surface area contributed by atoms with E-state index in [9.17, 15) is 4.79 Å². The van der Waals surface area contributed by atoms with Crippen LogP contribution in [0.15, 0.2) is 0 Å². The van der Waals surface area contributed by atoms with E-state index in [2.05, 4.69) is 19.2 Å². The fourth-order valence-electron chi connectivity index (χ4n) is 3.12. The van der Waals surface area contributed by atoms with Crippen LogP contribution < -0.4 is 5.32 Å². The van der Waals surface area contributed by atoms with Crippen molar-refractivity contribution in [2.45, 2.75) is 77.1 Å². The van der Waals surface area contributed by atoms with Crippen LogP contribution in [0.1, 0.15) is 59.3 Å². The van der Waals surface area contributed by atoms with E-state index in [4.69, 9.17) is 4.74 Å². The molecule has 4 nitrogen and oxygen atoms in total. The van der Waals surface area contributed by atoms with E-state index in [0.29, 0.717) is 6.10 Å². The fraction of sp³-hybridized carbons (Fsp3) is 0.933. The molecule has 0 aromatic rings. The van der Waals surface area contributed by atoms with Gasteiger partial charge in [-0.15, -0.1) is 0 Å². The molecule has 1 N–H and O–H groups in total. The first-order chi connectivity index (χ1) is 9.10. The molecule has 2 fully saturated rings. The van der Waals surface area contributed by atoms with Gasteiger partial charge in [0.15, 0.2) is 0 Å². The lowest BCUT2D eigenvalue weighted by atomic mass is 9.99. The van der Waals surface area contributed by atoms with Crippen LogP contribution in [0.3, 0.4) is 0 Å². The van der Waals surface area contributed by atoms with Crippen LogP contribution in [-0.4, -0.2) is 41.8 Å². The van der Waals surface area contributed by atoms with Crippen molar-refractivity contribution in [3.8, 4) is 0 Å². The smallest absolute Gasteiger partial charge is 0.243 e. The van der Waals surface area contributed by atoms with Gasteiger partial charge < -0.3 is 9.64 Å². The standard InChI is InChI=1S/C15H28N2O2/c1-4-13-16-15(3,5-2)14(18)17(13)10-9-12-8-6-7-11-19-12/h12-13,16H,4-11H2,1-3H3. The van der Waals surface area contributed by atoms with Crippen LogP contribution in [0.2, 0.25) is 0 Å². The molecule has 19 heavy (non-hydrogen) atoms.